The van der Waals surface area contributed by atoms with Gasteiger partial charge in [-0.15, -0.1) is 0 Å². The van der Waals surface area contributed by atoms with Gasteiger partial charge >= 0.3 is 6.18 Å². The summed E-state index contributed by atoms with van der Waals surface area (Å²) >= 11 is 0. The molecule has 15 heteroatoms. The van der Waals surface area contributed by atoms with E-state index in [1.165, 1.54) is 24.1 Å². The predicted molar refractivity (Wildman–Crippen MR) is 154 cm³/mol. The van der Waals surface area contributed by atoms with E-state index in [2.05, 4.69) is 30.4 Å². The minimum atomic E-state index is -4.88. The van der Waals surface area contributed by atoms with Crippen molar-refractivity contribution in [2.75, 3.05) is 46.2 Å². The SMILES string of the molecule is COc1cc(C(=O)NC2CCN3CCN(C)C3C2)c(F)cc1Nc1ncc(C(F)(F)F)c(Oc2cccc3c2C(=O)N(C)C3)n1. The number of nitrogens with one attached hydrogen (secondary N) is 2. The van der Waals surface area contributed by atoms with Gasteiger partial charge in [-0.2, -0.15) is 18.2 Å². The summed E-state index contributed by atoms with van der Waals surface area (Å²) in [5, 5.41) is 5.58. The number of methoxy groups -OCH3 is 1. The number of alkyl halides is 3. The van der Waals surface area contributed by atoms with E-state index in [4.69, 9.17) is 9.47 Å². The van der Waals surface area contributed by atoms with Crippen LogP contribution in [-0.4, -0.2) is 89.5 Å². The lowest BCUT2D eigenvalue weighted by atomic mass is 10.0. The van der Waals surface area contributed by atoms with Crippen molar-refractivity contribution in [1.29, 1.82) is 0 Å². The highest BCUT2D eigenvalue weighted by molar-refractivity contribution is 6.01. The summed E-state index contributed by atoms with van der Waals surface area (Å²) in [7, 11) is 4.91. The number of nitrogens with zero attached hydrogens (tertiary/aromatic N) is 5. The van der Waals surface area contributed by atoms with Crippen molar-refractivity contribution in [3.05, 3.63) is 64.6 Å². The van der Waals surface area contributed by atoms with Gasteiger partial charge in [0.15, 0.2) is 0 Å². The molecule has 11 nitrogen and oxygen atoms in total. The molecule has 0 spiro atoms. The average molecular weight is 630 g/mol. The minimum absolute atomic E-state index is 0.0319. The fraction of sp³-hybridized carbons (Fsp3) is 0.400. The Labute approximate surface area is 256 Å². The van der Waals surface area contributed by atoms with E-state index in [0.717, 1.165) is 32.1 Å². The fourth-order valence-corrected chi connectivity index (χ4v) is 6.01. The number of anilines is 2. The first-order valence-corrected chi connectivity index (χ1v) is 14.3. The second-order valence-corrected chi connectivity index (χ2v) is 11.3. The van der Waals surface area contributed by atoms with Crippen LogP contribution in [0, 0.1) is 5.82 Å². The minimum Gasteiger partial charge on any atom is -0.495 e. The standard InChI is InChI=1S/C30H31F4N7O4/c1-39-9-10-41-8-7-17(11-24(39)41)36-26(42)18-12-23(44-3)21(13-20(18)31)37-29-35-14-19(30(32,33)34)27(38-29)45-22-6-4-5-16-15-40(2)28(43)25(16)22/h4-6,12-14,17,24H,7-11,15H2,1-3H3,(H,36,42)(H,35,37,38). The van der Waals surface area contributed by atoms with Crippen LogP contribution >= 0.6 is 0 Å². The van der Waals surface area contributed by atoms with Crippen LogP contribution < -0.4 is 20.1 Å². The van der Waals surface area contributed by atoms with Gasteiger partial charge < -0.3 is 25.0 Å². The third-order valence-electron chi connectivity index (χ3n) is 8.39. The molecule has 0 aliphatic carbocycles. The topological polar surface area (TPSA) is 112 Å². The zero-order valence-electron chi connectivity index (χ0n) is 24.7. The van der Waals surface area contributed by atoms with Crippen molar-refractivity contribution in [3.8, 4) is 17.4 Å². The molecule has 1 aromatic heterocycles. The maximum Gasteiger partial charge on any atom is 0.423 e. The highest BCUT2D eigenvalue weighted by Crippen LogP contribution is 2.40. The zero-order chi connectivity index (χ0) is 32.0. The summed E-state index contributed by atoms with van der Waals surface area (Å²) in [5.74, 6) is -3.16. The number of carbonyl (C=O) groups excluding carboxylic acids is 2. The number of aromatic nitrogens is 2. The Morgan fingerprint density at radius 2 is 1.91 bits per heavy atom. The Morgan fingerprint density at radius 1 is 1.11 bits per heavy atom. The number of amides is 2. The summed E-state index contributed by atoms with van der Waals surface area (Å²) in [6.45, 7) is 3.04. The zero-order valence-corrected chi connectivity index (χ0v) is 24.7. The maximum absolute atomic E-state index is 15.3. The summed E-state index contributed by atoms with van der Waals surface area (Å²) in [5.41, 5.74) is -0.814. The van der Waals surface area contributed by atoms with Gasteiger partial charge in [0.05, 0.1) is 30.1 Å². The largest absolute Gasteiger partial charge is 0.495 e. The number of halogens is 4. The van der Waals surface area contributed by atoms with Gasteiger partial charge in [-0.25, -0.2) is 9.37 Å². The quantitative estimate of drug-likeness (QED) is 0.371. The third-order valence-corrected chi connectivity index (χ3v) is 8.39. The van der Waals surface area contributed by atoms with Crippen LogP contribution in [0.5, 0.6) is 17.4 Å². The number of hydrogen-bond donors (Lipinski definition) is 2. The number of rotatable bonds is 7. The molecule has 2 amide bonds. The fourth-order valence-electron chi connectivity index (χ4n) is 6.01. The van der Waals surface area contributed by atoms with Crippen molar-refractivity contribution in [1.82, 2.24) is 30.0 Å². The number of piperidine rings is 1. The van der Waals surface area contributed by atoms with Crippen LogP contribution in [0.25, 0.3) is 0 Å². The third kappa shape index (κ3) is 5.96. The normalized spacial score (nSPS) is 20.2. The molecular formula is C30H31F4N7O4. The number of hydrogen-bond acceptors (Lipinski definition) is 9. The Morgan fingerprint density at radius 3 is 2.67 bits per heavy atom. The van der Waals surface area contributed by atoms with E-state index in [9.17, 15) is 22.8 Å². The van der Waals surface area contributed by atoms with Gasteiger partial charge in [0.2, 0.25) is 11.8 Å². The number of carbonyl (C=O) groups is 2. The second kappa shape index (κ2) is 11.8. The van der Waals surface area contributed by atoms with Crippen molar-refractivity contribution in [2.45, 2.75) is 37.8 Å². The smallest absolute Gasteiger partial charge is 0.423 e. The lowest BCUT2D eigenvalue weighted by Crippen LogP contribution is -2.50. The van der Waals surface area contributed by atoms with Gasteiger partial charge in [0.1, 0.15) is 22.9 Å². The lowest BCUT2D eigenvalue weighted by Gasteiger charge is -2.37. The first kappa shape index (κ1) is 30.5. The van der Waals surface area contributed by atoms with Gasteiger partial charge in [0, 0.05) is 51.5 Å². The van der Waals surface area contributed by atoms with E-state index in [1.807, 2.05) is 7.05 Å². The summed E-state index contributed by atoms with van der Waals surface area (Å²) in [6.07, 6.45) is -2.68. The van der Waals surface area contributed by atoms with Gasteiger partial charge in [0.25, 0.3) is 11.8 Å². The summed E-state index contributed by atoms with van der Waals surface area (Å²) < 4.78 is 68.0. The van der Waals surface area contributed by atoms with Gasteiger partial charge in [-0.1, -0.05) is 12.1 Å². The molecule has 3 aliphatic heterocycles. The summed E-state index contributed by atoms with van der Waals surface area (Å²) in [6, 6.07) is 6.69. The molecule has 2 saturated heterocycles. The number of benzene rings is 2. The van der Waals surface area contributed by atoms with Crippen LogP contribution in [0.3, 0.4) is 0 Å². The molecule has 45 heavy (non-hydrogen) atoms. The molecule has 3 aliphatic rings. The van der Waals surface area contributed by atoms with Crippen molar-refractivity contribution in [3.63, 3.8) is 0 Å². The monoisotopic (exact) mass is 629 g/mol. The molecule has 2 unspecified atom stereocenters. The molecule has 2 fully saturated rings. The van der Waals surface area contributed by atoms with E-state index in [0.29, 0.717) is 18.2 Å². The number of ether oxygens (including phenoxy) is 2. The lowest BCUT2D eigenvalue weighted by molar-refractivity contribution is -0.139. The highest BCUT2D eigenvalue weighted by Gasteiger charge is 2.38. The molecule has 2 N–H and O–H groups in total. The Balaban J connectivity index is 1.24. The first-order chi connectivity index (χ1) is 21.4. The van der Waals surface area contributed by atoms with Crippen LogP contribution in [0.2, 0.25) is 0 Å². The van der Waals surface area contributed by atoms with Crippen LogP contribution in [0.1, 0.15) is 44.7 Å². The Bertz CT molecular complexity index is 1650. The molecule has 0 bridgehead atoms. The van der Waals surface area contributed by atoms with E-state index >= 15 is 4.39 Å². The molecule has 238 valence electrons. The first-order valence-electron chi connectivity index (χ1n) is 14.3. The van der Waals surface area contributed by atoms with E-state index < -0.39 is 35.3 Å². The highest BCUT2D eigenvalue weighted by atomic mass is 19.4. The molecule has 3 aromatic rings. The Kier molecular flexibility index (Phi) is 7.99. The van der Waals surface area contributed by atoms with E-state index in [1.54, 1.807) is 19.2 Å². The van der Waals surface area contributed by atoms with Gasteiger partial charge in [-0.3, -0.25) is 19.4 Å². The molecule has 2 atom stereocenters. The molecule has 6 rings (SSSR count). The molecule has 4 heterocycles. The second-order valence-electron chi connectivity index (χ2n) is 11.3. The van der Waals surface area contributed by atoms with Crippen LogP contribution in [0.4, 0.5) is 29.2 Å². The predicted octanol–water partition coefficient (Wildman–Crippen LogP) is 4.23. The van der Waals surface area contributed by atoms with Crippen molar-refractivity contribution >= 4 is 23.5 Å². The summed E-state index contributed by atoms with van der Waals surface area (Å²) in [4.78, 5) is 39.4. The maximum atomic E-state index is 15.3. The molecule has 2 aromatic carbocycles. The Hall–Kier alpha value is -4.50. The average Bonchev–Trinajstić information content (AvgIpc) is 3.50. The molecule has 0 saturated carbocycles. The van der Waals surface area contributed by atoms with Crippen LogP contribution in [-0.2, 0) is 12.7 Å². The number of fused-ring (bicyclic) bond motifs is 2. The molecular weight excluding hydrogens is 598 g/mol. The van der Waals surface area contributed by atoms with Crippen molar-refractivity contribution < 1.29 is 36.6 Å². The van der Waals surface area contributed by atoms with Crippen molar-refractivity contribution in [2.24, 2.45) is 0 Å². The van der Waals surface area contributed by atoms with E-state index in [-0.39, 0.29) is 53.0 Å². The van der Waals surface area contributed by atoms with Gasteiger partial charge in [-0.05, 0) is 37.6 Å². The van der Waals surface area contributed by atoms with Crippen LogP contribution in [0.15, 0.2) is 36.5 Å². The number of likely N-dealkylation sites (N-methyl/N-ethyl adjacent to an activating group) is 1. The molecule has 0 radical (unpaired) electrons.